The van der Waals surface area contributed by atoms with Crippen molar-refractivity contribution in [1.29, 1.82) is 0 Å². The van der Waals surface area contributed by atoms with Crippen molar-refractivity contribution in [2.75, 3.05) is 17.7 Å². The van der Waals surface area contributed by atoms with Gasteiger partial charge in [0.25, 0.3) is 0 Å². The summed E-state index contributed by atoms with van der Waals surface area (Å²) in [5.74, 6) is 0.554. The predicted octanol–water partition coefficient (Wildman–Crippen LogP) is 6.04. The Morgan fingerprint density at radius 2 is 1.69 bits per heavy atom. The zero-order chi connectivity index (χ0) is 22.9. The van der Waals surface area contributed by atoms with Crippen LogP contribution >= 0.6 is 23.4 Å². The molecule has 0 aromatic heterocycles. The molecule has 1 atom stereocenters. The Kier molecular flexibility index (Phi) is 8.59. The SMILES string of the molecule is CCC(Sc1cccc(NC(=O)Cc2ccc(Cl)cc2)c1)C(=O)Nc1ccc(OC)cc1. The highest BCUT2D eigenvalue weighted by Gasteiger charge is 2.18. The van der Waals surface area contributed by atoms with E-state index in [2.05, 4.69) is 10.6 Å². The average Bonchev–Trinajstić information content (AvgIpc) is 2.79. The number of anilines is 2. The van der Waals surface area contributed by atoms with Crippen LogP contribution in [0, 0.1) is 0 Å². The molecule has 32 heavy (non-hydrogen) atoms. The van der Waals surface area contributed by atoms with Gasteiger partial charge in [0.2, 0.25) is 11.8 Å². The molecule has 0 saturated heterocycles. The van der Waals surface area contributed by atoms with Crippen LogP contribution in [-0.4, -0.2) is 24.2 Å². The summed E-state index contributed by atoms with van der Waals surface area (Å²) in [6.07, 6.45) is 0.927. The van der Waals surface area contributed by atoms with E-state index >= 15 is 0 Å². The zero-order valence-corrected chi connectivity index (χ0v) is 19.5. The van der Waals surface area contributed by atoms with E-state index in [1.165, 1.54) is 11.8 Å². The molecule has 0 radical (unpaired) electrons. The Labute approximate surface area is 197 Å². The smallest absolute Gasteiger partial charge is 0.237 e. The van der Waals surface area contributed by atoms with Crippen LogP contribution in [0.1, 0.15) is 18.9 Å². The van der Waals surface area contributed by atoms with Gasteiger partial charge in [0.1, 0.15) is 5.75 Å². The minimum Gasteiger partial charge on any atom is -0.497 e. The van der Waals surface area contributed by atoms with Crippen molar-refractivity contribution in [2.45, 2.75) is 29.9 Å². The Morgan fingerprint density at radius 1 is 0.969 bits per heavy atom. The fourth-order valence-corrected chi connectivity index (χ4v) is 4.16. The summed E-state index contributed by atoms with van der Waals surface area (Å²) >= 11 is 7.36. The number of nitrogens with one attached hydrogen (secondary N) is 2. The average molecular weight is 469 g/mol. The number of amides is 2. The van der Waals surface area contributed by atoms with E-state index < -0.39 is 0 Å². The maximum atomic E-state index is 12.8. The minimum absolute atomic E-state index is 0.0696. The molecule has 7 heteroatoms. The summed E-state index contributed by atoms with van der Waals surface area (Å²) in [5, 5.41) is 6.24. The third-order valence-corrected chi connectivity index (χ3v) is 6.30. The van der Waals surface area contributed by atoms with Crippen LogP contribution in [0.25, 0.3) is 0 Å². The van der Waals surface area contributed by atoms with E-state index in [-0.39, 0.29) is 23.5 Å². The molecule has 166 valence electrons. The molecule has 0 bridgehead atoms. The van der Waals surface area contributed by atoms with E-state index in [1.807, 2.05) is 55.5 Å². The lowest BCUT2D eigenvalue weighted by atomic mass is 10.1. The quantitative estimate of drug-likeness (QED) is 0.376. The fraction of sp³-hybridized carbons (Fsp3) is 0.200. The Balaban J connectivity index is 1.59. The second-order valence-corrected chi connectivity index (χ2v) is 8.82. The Hall–Kier alpha value is -2.96. The number of methoxy groups -OCH3 is 1. The van der Waals surface area contributed by atoms with Gasteiger partial charge in [0, 0.05) is 21.3 Å². The molecule has 2 amide bonds. The number of carbonyl (C=O) groups is 2. The first-order chi connectivity index (χ1) is 15.5. The molecule has 0 heterocycles. The van der Waals surface area contributed by atoms with Gasteiger partial charge < -0.3 is 15.4 Å². The van der Waals surface area contributed by atoms with E-state index in [9.17, 15) is 9.59 Å². The second-order valence-electron chi connectivity index (χ2n) is 7.11. The van der Waals surface area contributed by atoms with Crippen molar-refractivity contribution in [3.8, 4) is 5.75 Å². The van der Waals surface area contributed by atoms with Gasteiger partial charge in [-0.15, -0.1) is 11.8 Å². The monoisotopic (exact) mass is 468 g/mol. The van der Waals surface area contributed by atoms with Crippen LogP contribution in [0.5, 0.6) is 5.75 Å². The largest absolute Gasteiger partial charge is 0.497 e. The van der Waals surface area contributed by atoms with Gasteiger partial charge in [-0.3, -0.25) is 9.59 Å². The first-order valence-corrected chi connectivity index (χ1v) is 11.5. The van der Waals surface area contributed by atoms with Crippen molar-refractivity contribution < 1.29 is 14.3 Å². The van der Waals surface area contributed by atoms with Crippen LogP contribution in [0.4, 0.5) is 11.4 Å². The number of hydrogen-bond acceptors (Lipinski definition) is 4. The van der Waals surface area contributed by atoms with Gasteiger partial charge in [-0.25, -0.2) is 0 Å². The summed E-state index contributed by atoms with van der Waals surface area (Å²) in [6.45, 7) is 1.98. The molecule has 3 aromatic rings. The maximum absolute atomic E-state index is 12.8. The Bertz CT molecular complexity index is 1060. The second kappa shape index (κ2) is 11.6. The topological polar surface area (TPSA) is 67.4 Å². The lowest BCUT2D eigenvalue weighted by Crippen LogP contribution is -2.24. The molecule has 3 rings (SSSR count). The molecule has 0 spiro atoms. The first-order valence-electron chi connectivity index (χ1n) is 10.2. The van der Waals surface area contributed by atoms with Gasteiger partial charge in [0.05, 0.1) is 18.8 Å². The normalized spacial score (nSPS) is 11.5. The number of hydrogen-bond donors (Lipinski definition) is 2. The molecule has 0 fully saturated rings. The predicted molar refractivity (Wildman–Crippen MR) is 132 cm³/mol. The highest BCUT2D eigenvalue weighted by molar-refractivity contribution is 8.00. The van der Waals surface area contributed by atoms with Crippen molar-refractivity contribution in [2.24, 2.45) is 0 Å². The molecule has 2 N–H and O–H groups in total. The van der Waals surface area contributed by atoms with Gasteiger partial charge in [-0.2, -0.15) is 0 Å². The van der Waals surface area contributed by atoms with E-state index in [0.717, 1.165) is 21.9 Å². The van der Waals surface area contributed by atoms with Gasteiger partial charge >= 0.3 is 0 Å². The summed E-state index contributed by atoms with van der Waals surface area (Å²) in [7, 11) is 1.60. The zero-order valence-electron chi connectivity index (χ0n) is 17.9. The van der Waals surface area contributed by atoms with Crippen molar-refractivity contribution in [1.82, 2.24) is 0 Å². The lowest BCUT2D eigenvalue weighted by molar-refractivity contribution is -0.116. The van der Waals surface area contributed by atoms with E-state index in [0.29, 0.717) is 17.1 Å². The molecule has 1 unspecified atom stereocenters. The standard InChI is InChI=1S/C25H25ClN2O3S/c1-3-23(25(30)28-19-11-13-21(31-2)14-12-19)32-22-6-4-5-20(16-22)27-24(29)15-17-7-9-18(26)10-8-17/h4-14,16,23H,3,15H2,1-2H3,(H,27,29)(H,28,30). The first kappa shape index (κ1) is 23.7. The Morgan fingerprint density at radius 3 is 2.34 bits per heavy atom. The van der Waals surface area contributed by atoms with Gasteiger partial charge in [-0.05, 0) is 66.6 Å². The van der Waals surface area contributed by atoms with Crippen LogP contribution in [-0.2, 0) is 16.0 Å². The number of benzene rings is 3. The maximum Gasteiger partial charge on any atom is 0.237 e. The summed E-state index contributed by atoms with van der Waals surface area (Å²) in [6, 6.07) is 22.0. The molecule has 0 aliphatic carbocycles. The number of ether oxygens (including phenoxy) is 1. The van der Waals surface area contributed by atoms with Gasteiger partial charge in [-0.1, -0.05) is 36.7 Å². The van der Waals surface area contributed by atoms with Crippen LogP contribution in [0.2, 0.25) is 5.02 Å². The van der Waals surface area contributed by atoms with Gasteiger partial charge in [0.15, 0.2) is 0 Å². The summed E-state index contributed by atoms with van der Waals surface area (Å²) in [5.41, 5.74) is 2.30. The van der Waals surface area contributed by atoms with Crippen molar-refractivity contribution >= 4 is 46.6 Å². The van der Waals surface area contributed by atoms with E-state index in [1.54, 1.807) is 31.4 Å². The summed E-state index contributed by atoms with van der Waals surface area (Å²) in [4.78, 5) is 26.0. The van der Waals surface area contributed by atoms with Crippen LogP contribution in [0.3, 0.4) is 0 Å². The molecule has 0 aliphatic heterocycles. The van der Waals surface area contributed by atoms with Crippen molar-refractivity contribution in [3.05, 3.63) is 83.4 Å². The number of thioether (sulfide) groups is 1. The van der Waals surface area contributed by atoms with Crippen LogP contribution in [0.15, 0.2) is 77.7 Å². The lowest BCUT2D eigenvalue weighted by Gasteiger charge is -2.16. The molecule has 5 nitrogen and oxygen atoms in total. The number of halogens is 1. The fourth-order valence-electron chi connectivity index (χ4n) is 3.02. The summed E-state index contributed by atoms with van der Waals surface area (Å²) < 4.78 is 5.15. The molecular formula is C25H25ClN2O3S. The third kappa shape index (κ3) is 7.04. The number of carbonyl (C=O) groups excluding carboxylic acids is 2. The molecule has 0 aliphatic rings. The van der Waals surface area contributed by atoms with Crippen molar-refractivity contribution in [3.63, 3.8) is 0 Å². The molecule has 3 aromatic carbocycles. The van der Waals surface area contributed by atoms with E-state index in [4.69, 9.17) is 16.3 Å². The minimum atomic E-state index is -0.267. The molecule has 0 saturated carbocycles. The molecular weight excluding hydrogens is 444 g/mol. The third-order valence-electron chi connectivity index (χ3n) is 4.69. The highest BCUT2D eigenvalue weighted by Crippen LogP contribution is 2.29. The number of rotatable bonds is 9. The highest BCUT2D eigenvalue weighted by atomic mass is 35.5. The van der Waals surface area contributed by atoms with Crippen LogP contribution < -0.4 is 15.4 Å².